The summed E-state index contributed by atoms with van der Waals surface area (Å²) in [5, 5.41) is 9.43. The molecule has 0 saturated carbocycles. The van der Waals surface area contributed by atoms with Crippen LogP contribution in [0.3, 0.4) is 0 Å². The number of benzene rings is 3. The molecule has 0 bridgehead atoms. The number of H-pyrrole nitrogens is 1. The predicted molar refractivity (Wildman–Crippen MR) is 111 cm³/mol. The molecule has 5 rings (SSSR count). The van der Waals surface area contributed by atoms with Crippen LogP contribution in [0, 0.1) is 17.1 Å². The summed E-state index contributed by atoms with van der Waals surface area (Å²) >= 11 is 0. The molecule has 0 radical (unpaired) electrons. The summed E-state index contributed by atoms with van der Waals surface area (Å²) in [4.78, 5) is 28.9. The molecule has 4 aromatic rings. The topological polar surface area (TPSA) is 90.1 Å². The largest absolute Gasteiger partial charge is 0.417 e. The van der Waals surface area contributed by atoms with Gasteiger partial charge in [0.05, 0.1) is 23.2 Å². The molecule has 1 amide bonds. The average Bonchev–Trinajstić information content (AvgIpc) is 3.27. The highest BCUT2D eigenvalue weighted by atomic mass is 19.1. The van der Waals surface area contributed by atoms with Gasteiger partial charge in [0.15, 0.2) is 5.58 Å². The first-order chi connectivity index (χ1) is 15.0. The number of nitrogens with zero attached hydrogens (tertiary/aromatic N) is 2. The average molecular weight is 413 g/mol. The Morgan fingerprint density at radius 3 is 2.77 bits per heavy atom. The molecule has 152 valence electrons. The van der Waals surface area contributed by atoms with E-state index >= 15 is 0 Å². The van der Waals surface area contributed by atoms with Crippen molar-refractivity contribution in [2.24, 2.45) is 0 Å². The Hall–Kier alpha value is -4.18. The van der Waals surface area contributed by atoms with E-state index in [2.05, 4.69) is 4.98 Å². The maximum absolute atomic E-state index is 14.6. The number of nitrogens with one attached hydrogen (secondary N) is 1. The molecule has 0 fully saturated rings. The van der Waals surface area contributed by atoms with Gasteiger partial charge in [-0.2, -0.15) is 5.26 Å². The third kappa shape index (κ3) is 3.19. The van der Waals surface area contributed by atoms with Gasteiger partial charge in [-0.25, -0.2) is 9.18 Å². The van der Waals surface area contributed by atoms with Crippen LogP contribution < -0.4 is 5.76 Å². The number of nitriles is 1. The summed E-state index contributed by atoms with van der Waals surface area (Å²) < 4.78 is 19.7. The first kappa shape index (κ1) is 18.8. The lowest BCUT2D eigenvalue weighted by Crippen LogP contribution is -2.29. The molecule has 3 aromatic carbocycles. The zero-order valence-electron chi connectivity index (χ0n) is 16.3. The zero-order valence-corrected chi connectivity index (χ0v) is 16.3. The number of oxazole rings is 1. The molecule has 0 spiro atoms. The minimum Gasteiger partial charge on any atom is -0.408 e. The molecule has 6 nitrogen and oxygen atoms in total. The van der Waals surface area contributed by atoms with Gasteiger partial charge in [0, 0.05) is 24.1 Å². The van der Waals surface area contributed by atoms with Gasteiger partial charge in [-0.15, -0.1) is 0 Å². The third-order valence-corrected chi connectivity index (χ3v) is 5.66. The van der Waals surface area contributed by atoms with Gasteiger partial charge in [0.25, 0.3) is 5.91 Å². The maximum atomic E-state index is 14.6. The molecule has 1 aromatic heterocycles. The smallest absolute Gasteiger partial charge is 0.408 e. The van der Waals surface area contributed by atoms with Crippen LogP contribution in [-0.4, -0.2) is 15.8 Å². The van der Waals surface area contributed by atoms with Crippen molar-refractivity contribution >= 4 is 17.0 Å². The minimum atomic E-state index is -0.543. The van der Waals surface area contributed by atoms with Crippen molar-refractivity contribution in [1.29, 1.82) is 5.26 Å². The monoisotopic (exact) mass is 413 g/mol. The zero-order chi connectivity index (χ0) is 21.5. The van der Waals surface area contributed by atoms with E-state index in [0.29, 0.717) is 16.7 Å². The number of hydrogen-bond donors (Lipinski definition) is 1. The highest BCUT2D eigenvalue weighted by Gasteiger charge is 2.37. The van der Waals surface area contributed by atoms with Crippen LogP contribution in [0.25, 0.3) is 11.1 Å². The van der Waals surface area contributed by atoms with Crippen molar-refractivity contribution in [3.63, 3.8) is 0 Å². The van der Waals surface area contributed by atoms with Crippen molar-refractivity contribution in [2.45, 2.75) is 19.0 Å². The van der Waals surface area contributed by atoms with Crippen molar-refractivity contribution in [3.05, 3.63) is 105 Å². The standard InChI is InChI=1S/C24H16FN3O3/c25-19-7-3-4-15(12-26)18(19)11-21-16-5-1-2-6-17(16)23(29)28(21)13-14-8-9-20-22(10-14)31-24(30)27-20/h1-10,21H,11,13H2,(H,27,30). The highest BCUT2D eigenvalue weighted by Crippen LogP contribution is 2.38. The molecule has 2 heterocycles. The van der Waals surface area contributed by atoms with Crippen LogP contribution in [0.5, 0.6) is 0 Å². The lowest BCUT2D eigenvalue weighted by Gasteiger charge is -2.26. The van der Waals surface area contributed by atoms with E-state index in [0.717, 1.165) is 11.1 Å². The summed E-state index contributed by atoms with van der Waals surface area (Å²) in [6.07, 6.45) is 0.180. The number of hydrogen-bond acceptors (Lipinski definition) is 4. The molecular weight excluding hydrogens is 397 g/mol. The SMILES string of the molecule is N#Cc1cccc(F)c1CC1c2ccccc2C(=O)N1Cc1ccc2[nH]c(=O)oc2c1. The first-order valence-corrected chi connectivity index (χ1v) is 9.74. The summed E-state index contributed by atoms with van der Waals surface area (Å²) in [5.74, 6) is -1.17. The molecule has 1 atom stereocenters. The van der Waals surface area contributed by atoms with E-state index in [1.807, 2.05) is 24.3 Å². The summed E-state index contributed by atoms with van der Waals surface area (Å²) in [7, 11) is 0. The van der Waals surface area contributed by atoms with Crippen LogP contribution in [0.1, 0.15) is 38.7 Å². The normalized spacial score (nSPS) is 15.3. The van der Waals surface area contributed by atoms with Gasteiger partial charge in [-0.1, -0.05) is 30.3 Å². The van der Waals surface area contributed by atoms with E-state index < -0.39 is 17.6 Å². The van der Waals surface area contributed by atoms with Gasteiger partial charge in [0.1, 0.15) is 5.82 Å². The quantitative estimate of drug-likeness (QED) is 0.546. The fourth-order valence-corrected chi connectivity index (χ4v) is 4.20. The number of fused-ring (bicyclic) bond motifs is 2. The Morgan fingerprint density at radius 2 is 1.94 bits per heavy atom. The predicted octanol–water partition coefficient (Wildman–Crippen LogP) is 4.07. The molecule has 1 aliphatic heterocycles. The Bertz CT molecular complexity index is 1430. The summed E-state index contributed by atoms with van der Waals surface area (Å²) in [6, 6.07) is 18.5. The van der Waals surface area contributed by atoms with Gasteiger partial charge in [-0.3, -0.25) is 9.78 Å². The molecule has 1 N–H and O–H groups in total. The van der Waals surface area contributed by atoms with Gasteiger partial charge >= 0.3 is 5.76 Å². The van der Waals surface area contributed by atoms with Crippen LogP contribution in [0.15, 0.2) is 69.9 Å². The molecular formula is C24H16FN3O3. The summed E-state index contributed by atoms with van der Waals surface area (Å²) in [5.41, 5.74) is 3.67. The first-order valence-electron chi connectivity index (χ1n) is 9.74. The number of aromatic amines is 1. The lowest BCUT2D eigenvalue weighted by molar-refractivity contribution is 0.0708. The maximum Gasteiger partial charge on any atom is 0.417 e. The number of carbonyl (C=O) groups is 1. The Morgan fingerprint density at radius 1 is 1.10 bits per heavy atom. The van der Waals surface area contributed by atoms with E-state index in [1.165, 1.54) is 12.1 Å². The minimum absolute atomic E-state index is 0.161. The van der Waals surface area contributed by atoms with E-state index in [9.17, 15) is 19.2 Å². The van der Waals surface area contributed by atoms with Crippen molar-refractivity contribution in [2.75, 3.05) is 0 Å². The van der Waals surface area contributed by atoms with Gasteiger partial charge in [0.2, 0.25) is 0 Å². The number of amides is 1. The molecule has 7 heteroatoms. The second-order valence-corrected chi connectivity index (χ2v) is 7.46. The molecule has 0 aliphatic carbocycles. The van der Waals surface area contributed by atoms with Gasteiger partial charge in [-0.05, 0) is 41.5 Å². The highest BCUT2D eigenvalue weighted by molar-refractivity contribution is 5.99. The third-order valence-electron chi connectivity index (χ3n) is 5.66. The number of aromatic nitrogens is 1. The van der Waals surface area contributed by atoms with Crippen LogP contribution in [0.2, 0.25) is 0 Å². The number of carbonyl (C=O) groups excluding carboxylic acids is 1. The van der Waals surface area contributed by atoms with E-state index in [4.69, 9.17) is 4.42 Å². The Balaban J connectivity index is 1.55. The van der Waals surface area contributed by atoms with Crippen LogP contribution >= 0.6 is 0 Å². The van der Waals surface area contributed by atoms with Crippen molar-refractivity contribution in [3.8, 4) is 6.07 Å². The van der Waals surface area contributed by atoms with E-state index in [1.54, 1.807) is 35.2 Å². The second kappa shape index (κ2) is 7.26. The van der Waals surface area contributed by atoms with Gasteiger partial charge < -0.3 is 9.32 Å². The number of rotatable bonds is 4. The Kier molecular flexibility index (Phi) is 4.41. The molecule has 0 saturated heterocycles. The fraction of sp³-hybridized carbons (Fsp3) is 0.125. The van der Waals surface area contributed by atoms with Crippen molar-refractivity contribution in [1.82, 2.24) is 9.88 Å². The fourth-order valence-electron chi connectivity index (χ4n) is 4.20. The Labute approximate surface area is 176 Å². The molecule has 1 aliphatic rings. The molecule has 1 unspecified atom stereocenters. The van der Waals surface area contributed by atoms with Crippen LogP contribution in [0.4, 0.5) is 4.39 Å². The van der Waals surface area contributed by atoms with Crippen LogP contribution in [-0.2, 0) is 13.0 Å². The van der Waals surface area contributed by atoms with Crippen molar-refractivity contribution < 1.29 is 13.6 Å². The number of halogens is 1. The van der Waals surface area contributed by atoms with E-state index in [-0.39, 0.29) is 30.0 Å². The lowest BCUT2D eigenvalue weighted by atomic mass is 9.95. The summed E-state index contributed by atoms with van der Waals surface area (Å²) in [6.45, 7) is 0.249. The second-order valence-electron chi connectivity index (χ2n) is 7.46. The molecule has 31 heavy (non-hydrogen) atoms.